The fourth-order valence-electron chi connectivity index (χ4n) is 1.83. The van der Waals surface area contributed by atoms with Crippen molar-refractivity contribution in [3.8, 4) is 0 Å². The zero-order chi connectivity index (χ0) is 12.1. The van der Waals surface area contributed by atoms with Crippen molar-refractivity contribution in [2.75, 3.05) is 0 Å². The van der Waals surface area contributed by atoms with E-state index in [0.717, 1.165) is 23.7 Å². The normalized spacial score (nSPS) is 12.6. The topological polar surface area (TPSA) is 25.2 Å². The van der Waals surface area contributed by atoms with Crippen molar-refractivity contribution >= 4 is 11.6 Å². The van der Waals surface area contributed by atoms with Crippen LogP contribution in [0.15, 0.2) is 47.1 Å². The molecule has 17 heavy (non-hydrogen) atoms. The van der Waals surface area contributed by atoms with E-state index in [1.54, 1.807) is 6.26 Å². The van der Waals surface area contributed by atoms with E-state index < -0.39 is 0 Å². The van der Waals surface area contributed by atoms with Crippen LogP contribution in [0, 0.1) is 0 Å². The molecule has 0 fully saturated rings. The standard InChI is InChI=1S/C14H16ClNO/c1-2-14(11-5-7-12(15)8-6-11)16-10-13-4-3-9-17-13/h3-9,14,16H,2,10H2,1H3. The molecule has 0 radical (unpaired) electrons. The molecular weight excluding hydrogens is 234 g/mol. The van der Waals surface area contributed by atoms with Gasteiger partial charge in [-0.25, -0.2) is 0 Å². The van der Waals surface area contributed by atoms with Crippen molar-refractivity contribution in [2.45, 2.75) is 25.9 Å². The van der Waals surface area contributed by atoms with Gasteiger partial charge in [0.05, 0.1) is 12.8 Å². The van der Waals surface area contributed by atoms with Crippen LogP contribution in [-0.4, -0.2) is 0 Å². The summed E-state index contributed by atoms with van der Waals surface area (Å²) in [4.78, 5) is 0. The Labute approximate surface area is 107 Å². The fourth-order valence-corrected chi connectivity index (χ4v) is 1.96. The molecule has 1 heterocycles. The first kappa shape index (κ1) is 12.2. The lowest BCUT2D eigenvalue weighted by Crippen LogP contribution is -2.19. The van der Waals surface area contributed by atoms with Crippen LogP contribution in [0.5, 0.6) is 0 Å². The van der Waals surface area contributed by atoms with Crippen LogP contribution < -0.4 is 5.32 Å². The minimum absolute atomic E-state index is 0.331. The van der Waals surface area contributed by atoms with Crippen LogP contribution in [0.2, 0.25) is 5.02 Å². The molecule has 0 amide bonds. The third-order valence-electron chi connectivity index (χ3n) is 2.78. The van der Waals surface area contributed by atoms with Crippen molar-refractivity contribution in [3.63, 3.8) is 0 Å². The summed E-state index contributed by atoms with van der Waals surface area (Å²) >= 11 is 5.88. The van der Waals surface area contributed by atoms with Gasteiger partial charge in [0.15, 0.2) is 0 Å². The Bertz CT molecular complexity index is 436. The van der Waals surface area contributed by atoms with Gasteiger partial charge in [0.1, 0.15) is 5.76 Å². The van der Waals surface area contributed by atoms with E-state index in [2.05, 4.69) is 24.4 Å². The molecular formula is C14H16ClNO. The van der Waals surface area contributed by atoms with Gasteiger partial charge in [-0.15, -0.1) is 0 Å². The van der Waals surface area contributed by atoms with Crippen LogP contribution in [0.25, 0.3) is 0 Å². The molecule has 3 heteroatoms. The van der Waals surface area contributed by atoms with Crippen molar-refractivity contribution in [2.24, 2.45) is 0 Å². The molecule has 0 saturated carbocycles. The molecule has 2 rings (SSSR count). The third kappa shape index (κ3) is 3.35. The van der Waals surface area contributed by atoms with E-state index in [1.165, 1.54) is 5.56 Å². The molecule has 0 aliphatic carbocycles. The lowest BCUT2D eigenvalue weighted by atomic mass is 10.0. The predicted molar refractivity (Wildman–Crippen MR) is 70.0 cm³/mol. The molecule has 0 spiro atoms. The highest BCUT2D eigenvalue weighted by molar-refractivity contribution is 6.30. The van der Waals surface area contributed by atoms with E-state index >= 15 is 0 Å². The Kier molecular flexibility index (Phi) is 4.24. The second-order valence-electron chi connectivity index (χ2n) is 3.97. The highest BCUT2D eigenvalue weighted by Gasteiger charge is 2.08. The van der Waals surface area contributed by atoms with Crippen LogP contribution in [0.4, 0.5) is 0 Å². The molecule has 2 nitrogen and oxygen atoms in total. The Morgan fingerprint density at radius 1 is 1.24 bits per heavy atom. The summed E-state index contributed by atoms with van der Waals surface area (Å²) < 4.78 is 5.30. The van der Waals surface area contributed by atoms with Gasteiger partial charge in [-0.05, 0) is 36.2 Å². The second kappa shape index (κ2) is 5.89. The Hall–Kier alpha value is -1.25. The zero-order valence-corrected chi connectivity index (χ0v) is 10.6. The van der Waals surface area contributed by atoms with Crippen LogP contribution in [-0.2, 0) is 6.54 Å². The average Bonchev–Trinajstić information content (AvgIpc) is 2.85. The van der Waals surface area contributed by atoms with Crippen molar-refractivity contribution < 1.29 is 4.42 Å². The van der Waals surface area contributed by atoms with Crippen molar-refractivity contribution in [1.29, 1.82) is 0 Å². The third-order valence-corrected chi connectivity index (χ3v) is 3.04. The maximum Gasteiger partial charge on any atom is 0.117 e. The summed E-state index contributed by atoms with van der Waals surface area (Å²) in [6, 6.07) is 12.2. The highest BCUT2D eigenvalue weighted by Crippen LogP contribution is 2.19. The molecule has 0 bridgehead atoms. The minimum Gasteiger partial charge on any atom is -0.468 e. The largest absolute Gasteiger partial charge is 0.468 e. The summed E-state index contributed by atoms with van der Waals surface area (Å²) in [6.45, 7) is 2.91. The fraction of sp³-hybridized carbons (Fsp3) is 0.286. The second-order valence-corrected chi connectivity index (χ2v) is 4.41. The number of furan rings is 1. The number of nitrogens with one attached hydrogen (secondary N) is 1. The SMILES string of the molecule is CCC(NCc1ccco1)c1ccc(Cl)cc1. The van der Waals surface area contributed by atoms with Crippen LogP contribution in [0.1, 0.15) is 30.7 Å². The van der Waals surface area contributed by atoms with Gasteiger partial charge in [-0.3, -0.25) is 0 Å². The Morgan fingerprint density at radius 3 is 2.59 bits per heavy atom. The molecule has 2 aromatic rings. The molecule has 1 aromatic carbocycles. The molecule has 0 aliphatic heterocycles. The zero-order valence-electron chi connectivity index (χ0n) is 9.82. The average molecular weight is 250 g/mol. The minimum atomic E-state index is 0.331. The molecule has 0 saturated heterocycles. The predicted octanol–water partition coefficient (Wildman–Crippen LogP) is 4.17. The van der Waals surface area contributed by atoms with Gasteiger partial charge < -0.3 is 9.73 Å². The van der Waals surface area contributed by atoms with Crippen LogP contribution in [0.3, 0.4) is 0 Å². The van der Waals surface area contributed by atoms with Gasteiger partial charge in [0, 0.05) is 11.1 Å². The van der Waals surface area contributed by atoms with E-state index in [4.69, 9.17) is 16.0 Å². The van der Waals surface area contributed by atoms with E-state index in [0.29, 0.717) is 6.04 Å². The smallest absolute Gasteiger partial charge is 0.117 e. The van der Waals surface area contributed by atoms with Gasteiger partial charge >= 0.3 is 0 Å². The first-order chi connectivity index (χ1) is 8.29. The van der Waals surface area contributed by atoms with Gasteiger partial charge in [-0.1, -0.05) is 30.7 Å². The summed E-state index contributed by atoms with van der Waals surface area (Å²) in [5.74, 6) is 0.956. The Balaban J connectivity index is 1.99. The number of halogens is 1. The van der Waals surface area contributed by atoms with Gasteiger partial charge in [0.25, 0.3) is 0 Å². The number of hydrogen-bond acceptors (Lipinski definition) is 2. The first-order valence-electron chi connectivity index (χ1n) is 5.81. The number of hydrogen-bond donors (Lipinski definition) is 1. The maximum absolute atomic E-state index is 5.88. The van der Waals surface area contributed by atoms with Gasteiger partial charge in [0.2, 0.25) is 0 Å². The lowest BCUT2D eigenvalue weighted by molar-refractivity contribution is 0.443. The highest BCUT2D eigenvalue weighted by atomic mass is 35.5. The molecule has 1 N–H and O–H groups in total. The molecule has 0 aliphatic rings. The number of rotatable bonds is 5. The van der Waals surface area contributed by atoms with Crippen molar-refractivity contribution in [1.82, 2.24) is 5.32 Å². The van der Waals surface area contributed by atoms with E-state index in [1.807, 2.05) is 24.3 Å². The molecule has 1 atom stereocenters. The summed E-state index contributed by atoms with van der Waals surface area (Å²) in [7, 11) is 0. The lowest BCUT2D eigenvalue weighted by Gasteiger charge is -2.16. The maximum atomic E-state index is 5.88. The molecule has 90 valence electrons. The van der Waals surface area contributed by atoms with Crippen LogP contribution >= 0.6 is 11.6 Å². The summed E-state index contributed by atoms with van der Waals surface area (Å²) in [5.41, 5.74) is 1.25. The molecule has 1 unspecified atom stereocenters. The summed E-state index contributed by atoms with van der Waals surface area (Å²) in [5, 5.41) is 4.24. The number of benzene rings is 1. The molecule has 1 aromatic heterocycles. The van der Waals surface area contributed by atoms with Crippen molar-refractivity contribution in [3.05, 3.63) is 59.0 Å². The quantitative estimate of drug-likeness (QED) is 0.860. The van der Waals surface area contributed by atoms with E-state index in [-0.39, 0.29) is 0 Å². The monoisotopic (exact) mass is 249 g/mol. The van der Waals surface area contributed by atoms with Gasteiger partial charge in [-0.2, -0.15) is 0 Å². The van der Waals surface area contributed by atoms with E-state index in [9.17, 15) is 0 Å². The first-order valence-corrected chi connectivity index (χ1v) is 6.18. The summed E-state index contributed by atoms with van der Waals surface area (Å²) in [6.07, 6.45) is 2.72. The Morgan fingerprint density at radius 2 is 2.00 bits per heavy atom.